The number of hydrogen-bond donors (Lipinski definition) is 1. The molecule has 0 spiro atoms. The SMILES string of the molecule is Br.COC1NCCc2ccccc21. The van der Waals surface area contributed by atoms with Crippen LogP contribution in [-0.2, 0) is 11.2 Å². The molecule has 1 aliphatic heterocycles. The Balaban J connectivity index is 0.000000845. The average Bonchev–Trinajstić information content (AvgIpc) is 2.17. The molecule has 0 aromatic heterocycles. The number of rotatable bonds is 1. The van der Waals surface area contributed by atoms with E-state index in [1.54, 1.807) is 7.11 Å². The molecule has 3 heteroatoms. The highest BCUT2D eigenvalue weighted by Crippen LogP contribution is 2.22. The maximum absolute atomic E-state index is 5.31. The molecule has 1 aromatic carbocycles. The van der Waals surface area contributed by atoms with Crippen LogP contribution in [0.5, 0.6) is 0 Å². The summed E-state index contributed by atoms with van der Waals surface area (Å²) in [5.41, 5.74) is 2.69. The maximum atomic E-state index is 5.31. The second kappa shape index (κ2) is 4.74. The van der Waals surface area contributed by atoms with Gasteiger partial charge in [-0.25, -0.2) is 0 Å². The van der Waals surface area contributed by atoms with E-state index in [0.717, 1.165) is 13.0 Å². The van der Waals surface area contributed by atoms with Crippen LogP contribution < -0.4 is 5.32 Å². The van der Waals surface area contributed by atoms with Crippen LogP contribution in [0.15, 0.2) is 24.3 Å². The van der Waals surface area contributed by atoms with Gasteiger partial charge >= 0.3 is 0 Å². The van der Waals surface area contributed by atoms with Crippen molar-refractivity contribution in [3.8, 4) is 0 Å². The standard InChI is InChI=1S/C10H13NO.BrH/c1-12-10-9-5-3-2-4-8(9)6-7-11-10;/h2-5,10-11H,6-7H2,1H3;1H. The van der Waals surface area contributed by atoms with Crippen molar-refractivity contribution < 1.29 is 4.74 Å². The smallest absolute Gasteiger partial charge is 0.134 e. The molecule has 13 heavy (non-hydrogen) atoms. The molecule has 1 aromatic rings. The first-order valence-corrected chi connectivity index (χ1v) is 4.26. The number of methoxy groups -OCH3 is 1. The Bertz CT molecular complexity index is 277. The zero-order chi connectivity index (χ0) is 8.39. The zero-order valence-corrected chi connectivity index (χ0v) is 9.33. The van der Waals surface area contributed by atoms with E-state index in [1.165, 1.54) is 11.1 Å². The van der Waals surface area contributed by atoms with Crippen molar-refractivity contribution in [3.63, 3.8) is 0 Å². The summed E-state index contributed by atoms with van der Waals surface area (Å²) in [6.07, 6.45) is 1.20. The second-order valence-corrected chi connectivity index (χ2v) is 3.02. The summed E-state index contributed by atoms with van der Waals surface area (Å²) < 4.78 is 5.31. The van der Waals surface area contributed by atoms with E-state index < -0.39 is 0 Å². The third-order valence-electron chi connectivity index (χ3n) is 2.30. The summed E-state index contributed by atoms with van der Waals surface area (Å²) in [5, 5.41) is 3.30. The molecule has 1 atom stereocenters. The lowest BCUT2D eigenvalue weighted by molar-refractivity contribution is 0.0685. The first kappa shape index (κ1) is 10.7. The molecule has 0 aliphatic carbocycles. The van der Waals surface area contributed by atoms with Crippen LogP contribution in [0.25, 0.3) is 0 Å². The molecule has 1 aliphatic rings. The number of nitrogens with one attached hydrogen (secondary N) is 1. The van der Waals surface area contributed by atoms with Crippen molar-refractivity contribution in [2.75, 3.05) is 13.7 Å². The molecule has 0 radical (unpaired) electrons. The van der Waals surface area contributed by atoms with Crippen LogP contribution in [0, 0.1) is 0 Å². The van der Waals surface area contributed by atoms with E-state index >= 15 is 0 Å². The molecule has 0 saturated heterocycles. The molecule has 1 unspecified atom stereocenters. The number of ether oxygens (including phenoxy) is 1. The second-order valence-electron chi connectivity index (χ2n) is 3.02. The summed E-state index contributed by atoms with van der Waals surface area (Å²) in [4.78, 5) is 0. The number of hydrogen-bond acceptors (Lipinski definition) is 2. The quantitative estimate of drug-likeness (QED) is 0.816. The van der Waals surface area contributed by atoms with E-state index in [2.05, 4.69) is 29.6 Å². The zero-order valence-electron chi connectivity index (χ0n) is 7.62. The van der Waals surface area contributed by atoms with E-state index in [1.807, 2.05) is 0 Å². The number of benzene rings is 1. The van der Waals surface area contributed by atoms with Crippen LogP contribution in [-0.4, -0.2) is 13.7 Å². The summed E-state index contributed by atoms with van der Waals surface area (Å²) in [5.74, 6) is 0. The molecule has 72 valence electrons. The van der Waals surface area contributed by atoms with Crippen molar-refractivity contribution >= 4 is 17.0 Å². The Kier molecular flexibility index (Phi) is 3.90. The van der Waals surface area contributed by atoms with Crippen LogP contribution in [0.1, 0.15) is 17.4 Å². The molecule has 0 amide bonds. The van der Waals surface area contributed by atoms with Crippen LogP contribution in [0.4, 0.5) is 0 Å². The lowest BCUT2D eigenvalue weighted by Gasteiger charge is -2.25. The number of fused-ring (bicyclic) bond motifs is 1. The Hall–Kier alpha value is -0.380. The monoisotopic (exact) mass is 243 g/mol. The average molecular weight is 244 g/mol. The minimum atomic E-state index is 0. The van der Waals surface area contributed by atoms with E-state index in [4.69, 9.17) is 4.74 Å². The third-order valence-corrected chi connectivity index (χ3v) is 2.30. The van der Waals surface area contributed by atoms with Gasteiger partial charge in [0.15, 0.2) is 0 Å². The summed E-state index contributed by atoms with van der Waals surface area (Å²) in [6.45, 7) is 1.01. The molecular weight excluding hydrogens is 230 g/mol. The fourth-order valence-electron chi connectivity index (χ4n) is 1.68. The van der Waals surface area contributed by atoms with Crippen LogP contribution in [0.3, 0.4) is 0 Å². The summed E-state index contributed by atoms with van der Waals surface area (Å²) >= 11 is 0. The highest BCUT2D eigenvalue weighted by atomic mass is 79.9. The predicted molar refractivity (Wildman–Crippen MR) is 58.2 cm³/mol. The van der Waals surface area contributed by atoms with Gasteiger partial charge in [0.1, 0.15) is 6.23 Å². The Morgan fingerprint density at radius 3 is 2.92 bits per heavy atom. The highest BCUT2D eigenvalue weighted by molar-refractivity contribution is 8.93. The van der Waals surface area contributed by atoms with Gasteiger partial charge in [0.05, 0.1) is 0 Å². The fraction of sp³-hybridized carbons (Fsp3) is 0.400. The normalized spacial score (nSPS) is 20.2. The van der Waals surface area contributed by atoms with Crippen molar-refractivity contribution in [2.24, 2.45) is 0 Å². The van der Waals surface area contributed by atoms with Gasteiger partial charge in [-0.3, -0.25) is 5.32 Å². The predicted octanol–water partition coefficient (Wildman–Crippen LogP) is 2.06. The summed E-state index contributed by atoms with van der Waals surface area (Å²) in [6, 6.07) is 8.42. The van der Waals surface area contributed by atoms with Gasteiger partial charge in [-0.05, 0) is 17.5 Å². The largest absolute Gasteiger partial charge is 0.362 e. The molecule has 1 heterocycles. The molecular formula is C10H14BrNO. The summed E-state index contributed by atoms with van der Waals surface area (Å²) in [7, 11) is 1.74. The van der Waals surface area contributed by atoms with E-state index in [-0.39, 0.29) is 23.2 Å². The minimum Gasteiger partial charge on any atom is -0.362 e. The molecule has 1 N–H and O–H groups in total. The molecule has 2 nitrogen and oxygen atoms in total. The Morgan fingerprint density at radius 1 is 1.38 bits per heavy atom. The number of halogens is 1. The van der Waals surface area contributed by atoms with Gasteiger partial charge < -0.3 is 4.74 Å². The maximum Gasteiger partial charge on any atom is 0.134 e. The van der Waals surface area contributed by atoms with Crippen molar-refractivity contribution in [2.45, 2.75) is 12.6 Å². The van der Waals surface area contributed by atoms with Gasteiger partial charge in [0.2, 0.25) is 0 Å². The van der Waals surface area contributed by atoms with Crippen LogP contribution in [0.2, 0.25) is 0 Å². The third kappa shape index (κ3) is 2.10. The van der Waals surface area contributed by atoms with E-state index in [9.17, 15) is 0 Å². The highest BCUT2D eigenvalue weighted by Gasteiger charge is 2.17. The topological polar surface area (TPSA) is 21.3 Å². The van der Waals surface area contributed by atoms with Gasteiger partial charge in [-0.1, -0.05) is 24.3 Å². The lowest BCUT2D eigenvalue weighted by atomic mass is 10.00. The fourth-order valence-corrected chi connectivity index (χ4v) is 1.68. The van der Waals surface area contributed by atoms with Crippen LogP contribution >= 0.6 is 17.0 Å². The van der Waals surface area contributed by atoms with Crippen molar-refractivity contribution in [1.29, 1.82) is 0 Å². The first-order valence-electron chi connectivity index (χ1n) is 4.26. The van der Waals surface area contributed by atoms with Gasteiger partial charge in [-0.15, -0.1) is 17.0 Å². The van der Waals surface area contributed by atoms with Crippen molar-refractivity contribution in [1.82, 2.24) is 5.32 Å². The van der Waals surface area contributed by atoms with E-state index in [0.29, 0.717) is 0 Å². The molecule has 0 saturated carbocycles. The van der Waals surface area contributed by atoms with Gasteiger partial charge in [0.25, 0.3) is 0 Å². The molecule has 2 rings (SSSR count). The molecule has 0 bridgehead atoms. The Labute approximate surface area is 89.1 Å². The molecule has 0 fully saturated rings. The minimum absolute atomic E-state index is 0. The van der Waals surface area contributed by atoms with Gasteiger partial charge in [0, 0.05) is 13.7 Å². The first-order chi connectivity index (χ1) is 5.92. The van der Waals surface area contributed by atoms with Gasteiger partial charge in [-0.2, -0.15) is 0 Å². The lowest BCUT2D eigenvalue weighted by Crippen LogP contribution is -2.30. The van der Waals surface area contributed by atoms with Crippen molar-refractivity contribution in [3.05, 3.63) is 35.4 Å². The Morgan fingerprint density at radius 2 is 2.15 bits per heavy atom.